The second-order valence-electron chi connectivity index (χ2n) is 9.40. The van der Waals surface area contributed by atoms with Crippen LogP contribution in [-0.2, 0) is 11.2 Å². The van der Waals surface area contributed by atoms with E-state index in [9.17, 15) is 4.79 Å². The van der Waals surface area contributed by atoms with Gasteiger partial charge in [0.2, 0.25) is 5.91 Å². The monoisotopic (exact) mass is 486 g/mol. The van der Waals surface area contributed by atoms with Gasteiger partial charge < -0.3 is 14.8 Å². The van der Waals surface area contributed by atoms with Gasteiger partial charge in [-0.15, -0.1) is 11.3 Å². The standard InChI is InChI=1S/C29H34N4OS/c1-4-32(5-2)23-12-10-21(11-13-23)27-19-35-29(31-27)22-14-16-33(17-15-22)28(34)18-25-20(3)30-26-9-7-6-8-24(25)26/h6-13,19,22,30H,4-5,14-18H2,1-3H3. The molecule has 1 aliphatic heterocycles. The molecule has 0 spiro atoms. The van der Waals surface area contributed by atoms with Gasteiger partial charge in [-0.1, -0.05) is 30.3 Å². The molecule has 6 heteroatoms. The van der Waals surface area contributed by atoms with Crippen molar-refractivity contribution in [2.75, 3.05) is 31.1 Å². The van der Waals surface area contributed by atoms with Crippen LogP contribution in [0.3, 0.4) is 0 Å². The molecule has 0 bridgehead atoms. The normalized spacial score (nSPS) is 14.5. The van der Waals surface area contributed by atoms with E-state index in [-0.39, 0.29) is 5.91 Å². The molecule has 0 atom stereocenters. The van der Waals surface area contributed by atoms with Gasteiger partial charge in [0.1, 0.15) is 0 Å². The number of hydrogen-bond acceptors (Lipinski definition) is 4. The number of amides is 1. The van der Waals surface area contributed by atoms with E-state index in [4.69, 9.17) is 4.98 Å². The van der Waals surface area contributed by atoms with Crippen molar-refractivity contribution in [2.24, 2.45) is 0 Å². The van der Waals surface area contributed by atoms with Crippen molar-refractivity contribution in [3.8, 4) is 11.3 Å². The molecular weight excluding hydrogens is 452 g/mol. The highest BCUT2D eigenvalue weighted by atomic mass is 32.1. The number of piperidine rings is 1. The Labute approximate surface area is 211 Å². The number of H-pyrrole nitrogens is 1. The molecule has 1 N–H and O–H groups in total. The summed E-state index contributed by atoms with van der Waals surface area (Å²) in [5, 5.41) is 4.54. The first kappa shape index (κ1) is 23.6. The predicted molar refractivity (Wildman–Crippen MR) is 146 cm³/mol. The van der Waals surface area contributed by atoms with Crippen molar-refractivity contribution in [3.63, 3.8) is 0 Å². The summed E-state index contributed by atoms with van der Waals surface area (Å²) < 4.78 is 0. The lowest BCUT2D eigenvalue weighted by molar-refractivity contribution is -0.131. The molecule has 1 fully saturated rings. The molecule has 4 aromatic rings. The zero-order valence-corrected chi connectivity index (χ0v) is 21.7. The first-order valence-corrected chi connectivity index (χ1v) is 13.6. The largest absolute Gasteiger partial charge is 0.372 e. The molecule has 2 aromatic heterocycles. The summed E-state index contributed by atoms with van der Waals surface area (Å²) in [6, 6.07) is 17.0. The molecular formula is C29H34N4OS. The number of nitrogens with zero attached hydrogens (tertiary/aromatic N) is 3. The Morgan fingerprint density at radius 2 is 1.80 bits per heavy atom. The number of aromatic amines is 1. The zero-order chi connectivity index (χ0) is 24.4. The molecule has 0 aliphatic carbocycles. The van der Waals surface area contributed by atoms with E-state index in [0.29, 0.717) is 12.3 Å². The lowest BCUT2D eigenvalue weighted by atomic mass is 9.96. The van der Waals surface area contributed by atoms with Crippen LogP contribution in [0.1, 0.15) is 48.9 Å². The first-order valence-electron chi connectivity index (χ1n) is 12.7. The topological polar surface area (TPSA) is 52.2 Å². The van der Waals surface area contributed by atoms with Crippen molar-refractivity contribution in [1.29, 1.82) is 0 Å². The molecule has 0 radical (unpaired) electrons. The van der Waals surface area contributed by atoms with Crippen LogP contribution in [0.5, 0.6) is 0 Å². The molecule has 3 heterocycles. The number of hydrogen-bond donors (Lipinski definition) is 1. The van der Waals surface area contributed by atoms with Gasteiger partial charge in [0.15, 0.2) is 0 Å². The third kappa shape index (κ3) is 4.85. The Hall–Kier alpha value is -3.12. The number of benzene rings is 2. The van der Waals surface area contributed by atoms with E-state index in [1.54, 1.807) is 11.3 Å². The molecule has 1 amide bonds. The summed E-state index contributed by atoms with van der Waals surface area (Å²) in [5.41, 5.74) is 6.82. The number of aromatic nitrogens is 2. The van der Waals surface area contributed by atoms with E-state index < -0.39 is 0 Å². The van der Waals surface area contributed by atoms with Crippen LogP contribution < -0.4 is 4.90 Å². The minimum Gasteiger partial charge on any atom is -0.372 e. The molecule has 35 heavy (non-hydrogen) atoms. The van der Waals surface area contributed by atoms with Crippen molar-refractivity contribution < 1.29 is 4.79 Å². The fourth-order valence-electron chi connectivity index (χ4n) is 5.24. The van der Waals surface area contributed by atoms with Gasteiger partial charge in [0, 0.05) is 65.3 Å². The number of thiazole rings is 1. The summed E-state index contributed by atoms with van der Waals surface area (Å²) in [5.74, 6) is 0.659. The van der Waals surface area contributed by atoms with Crippen LogP contribution in [0, 0.1) is 6.92 Å². The highest BCUT2D eigenvalue weighted by Crippen LogP contribution is 2.34. The number of likely N-dealkylation sites (tertiary alicyclic amines) is 1. The Kier molecular flexibility index (Phi) is 6.91. The van der Waals surface area contributed by atoms with Crippen LogP contribution in [0.15, 0.2) is 53.9 Å². The molecule has 2 aromatic carbocycles. The first-order chi connectivity index (χ1) is 17.1. The molecule has 1 aliphatic rings. The van der Waals surface area contributed by atoms with Gasteiger partial charge in [0.25, 0.3) is 0 Å². The van der Waals surface area contributed by atoms with E-state index in [1.165, 1.54) is 16.3 Å². The van der Waals surface area contributed by atoms with Crippen molar-refractivity contribution in [3.05, 3.63) is 70.2 Å². The van der Waals surface area contributed by atoms with E-state index in [1.807, 2.05) is 17.0 Å². The number of nitrogens with one attached hydrogen (secondary N) is 1. The van der Waals surface area contributed by atoms with Gasteiger partial charge in [-0.3, -0.25) is 4.79 Å². The second kappa shape index (κ2) is 10.2. The number of carbonyl (C=O) groups is 1. The Bertz CT molecular complexity index is 1290. The average Bonchev–Trinajstić information content (AvgIpc) is 3.50. The lowest BCUT2D eigenvalue weighted by Crippen LogP contribution is -2.38. The highest BCUT2D eigenvalue weighted by molar-refractivity contribution is 7.10. The SMILES string of the molecule is CCN(CC)c1ccc(-c2csc(C3CCN(C(=O)Cc4c(C)[nH]c5ccccc45)CC3)n2)cc1. The van der Waals surface area contributed by atoms with Crippen molar-refractivity contribution >= 4 is 33.8 Å². The maximum Gasteiger partial charge on any atom is 0.227 e. The minimum atomic E-state index is 0.226. The van der Waals surface area contributed by atoms with Crippen LogP contribution in [0.4, 0.5) is 5.69 Å². The number of aryl methyl sites for hydroxylation is 1. The Balaban J connectivity index is 1.20. The fraction of sp³-hybridized carbons (Fsp3) is 0.379. The van der Waals surface area contributed by atoms with Gasteiger partial charge in [-0.05, 0) is 57.4 Å². The van der Waals surface area contributed by atoms with Crippen LogP contribution in [0.2, 0.25) is 0 Å². The fourth-order valence-corrected chi connectivity index (χ4v) is 6.24. The molecule has 0 unspecified atom stereocenters. The van der Waals surface area contributed by atoms with E-state index >= 15 is 0 Å². The third-order valence-electron chi connectivity index (χ3n) is 7.37. The molecule has 5 rings (SSSR count). The third-order valence-corrected chi connectivity index (χ3v) is 8.37. The summed E-state index contributed by atoms with van der Waals surface area (Å²) in [4.78, 5) is 25.9. The quantitative estimate of drug-likeness (QED) is 0.329. The minimum absolute atomic E-state index is 0.226. The Morgan fingerprint density at radius 1 is 1.09 bits per heavy atom. The van der Waals surface area contributed by atoms with Gasteiger partial charge in [0.05, 0.1) is 17.1 Å². The molecule has 0 saturated carbocycles. The maximum atomic E-state index is 13.1. The number of para-hydroxylation sites is 1. The van der Waals surface area contributed by atoms with Crippen molar-refractivity contribution in [1.82, 2.24) is 14.9 Å². The van der Waals surface area contributed by atoms with Gasteiger partial charge in [-0.2, -0.15) is 0 Å². The van der Waals surface area contributed by atoms with Crippen LogP contribution in [-0.4, -0.2) is 47.0 Å². The van der Waals surface area contributed by atoms with E-state index in [2.05, 4.69) is 72.4 Å². The predicted octanol–water partition coefficient (Wildman–Crippen LogP) is 6.39. The summed E-state index contributed by atoms with van der Waals surface area (Å²) in [7, 11) is 0. The van der Waals surface area contributed by atoms with Crippen LogP contribution in [0.25, 0.3) is 22.2 Å². The maximum absolute atomic E-state index is 13.1. The molecule has 182 valence electrons. The van der Waals surface area contributed by atoms with E-state index in [0.717, 1.165) is 66.9 Å². The summed E-state index contributed by atoms with van der Waals surface area (Å²) >= 11 is 1.76. The highest BCUT2D eigenvalue weighted by Gasteiger charge is 2.26. The molecule has 5 nitrogen and oxygen atoms in total. The second-order valence-corrected chi connectivity index (χ2v) is 10.3. The van der Waals surface area contributed by atoms with Gasteiger partial charge >= 0.3 is 0 Å². The smallest absolute Gasteiger partial charge is 0.227 e. The number of fused-ring (bicyclic) bond motifs is 1. The number of anilines is 1. The lowest BCUT2D eigenvalue weighted by Gasteiger charge is -2.31. The summed E-state index contributed by atoms with van der Waals surface area (Å²) in [6.07, 6.45) is 2.42. The van der Waals surface area contributed by atoms with Crippen molar-refractivity contribution in [2.45, 2.75) is 46.0 Å². The number of carbonyl (C=O) groups excluding carboxylic acids is 1. The van der Waals surface area contributed by atoms with Gasteiger partial charge in [-0.25, -0.2) is 4.98 Å². The zero-order valence-electron chi connectivity index (χ0n) is 20.9. The Morgan fingerprint density at radius 3 is 2.51 bits per heavy atom. The number of rotatable bonds is 7. The average molecular weight is 487 g/mol. The summed E-state index contributed by atoms with van der Waals surface area (Å²) in [6.45, 7) is 10.1. The van der Waals surface area contributed by atoms with Crippen LogP contribution >= 0.6 is 11.3 Å². The molecule has 1 saturated heterocycles.